The second-order valence-corrected chi connectivity index (χ2v) is 3.44. The Morgan fingerprint density at radius 3 is 2.88 bits per heavy atom. The van der Waals surface area contributed by atoms with Crippen LogP contribution in [0.5, 0.6) is 0 Å². The molecular formula is C9H14N4O4. The Morgan fingerprint density at radius 1 is 1.65 bits per heavy atom. The summed E-state index contributed by atoms with van der Waals surface area (Å²) < 4.78 is 4.74. The van der Waals surface area contributed by atoms with E-state index < -0.39 is 18.0 Å². The summed E-state index contributed by atoms with van der Waals surface area (Å²) >= 11 is 0. The van der Waals surface area contributed by atoms with Crippen LogP contribution in [0.3, 0.4) is 0 Å². The Hall–Kier alpha value is -2.12. The van der Waals surface area contributed by atoms with Crippen molar-refractivity contribution in [2.45, 2.75) is 19.4 Å². The van der Waals surface area contributed by atoms with E-state index in [-0.39, 0.29) is 0 Å². The summed E-state index contributed by atoms with van der Waals surface area (Å²) in [6, 6.07) is -1.34. The van der Waals surface area contributed by atoms with Crippen molar-refractivity contribution in [1.29, 1.82) is 0 Å². The molecule has 0 bridgehead atoms. The Kier molecular flexibility index (Phi) is 4.44. The smallest absolute Gasteiger partial charge is 0.326 e. The first kappa shape index (κ1) is 12.9. The van der Waals surface area contributed by atoms with Gasteiger partial charge in [-0.3, -0.25) is 0 Å². The van der Waals surface area contributed by atoms with Crippen molar-refractivity contribution in [2.75, 3.05) is 13.6 Å². The molecule has 0 aliphatic rings. The predicted octanol–water partition coefficient (Wildman–Crippen LogP) is -0.273. The van der Waals surface area contributed by atoms with Crippen LogP contribution in [-0.4, -0.2) is 51.8 Å². The highest BCUT2D eigenvalue weighted by Crippen LogP contribution is 1.96. The average molecular weight is 242 g/mol. The van der Waals surface area contributed by atoms with E-state index in [0.29, 0.717) is 18.9 Å². The monoisotopic (exact) mass is 242 g/mol. The van der Waals surface area contributed by atoms with Crippen LogP contribution in [0, 0.1) is 0 Å². The van der Waals surface area contributed by atoms with Crippen molar-refractivity contribution in [3.63, 3.8) is 0 Å². The first-order chi connectivity index (χ1) is 8.02. The summed E-state index contributed by atoms with van der Waals surface area (Å²) in [5.74, 6) is -0.640. The number of amides is 2. The minimum absolute atomic E-state index is 0.303. The summed E-state index contributed by atoms with van der Waals surface area (Å²) in [5.41, 5.74) is 0. The minimum Gasteiger partial charge on any atom is -0.480 e. The molecule has 1 unspecified atom stereocenters. The zero-order chi connectivity index (χ0) is 12.8. The van der Waals surface area contributed by atoms with E-state index >= 15 is 0 Å². The third kappa shape index (κ3) is 3.74. The van der Waals surface area contributed by atoms with Crippen LogP contribution < -0.4 is 5.32 Å². The van der Waals surface area contributed by atoms with Crippen molar-refractivity contribution < 1.29 is 19.2 Å². The molecule has 1 atom stereocenters. The lowest BCUT2D eigenvalue weighted by molar-refractivity contribution is -0.141. The number of carboxylic acid groups (broad SMARTS) is 1. The molecule has 1 aromatic heterocycles. The van der Waals surface area contributed by atoms with Gasteiger partial charge in [0.05, 0.1) is 0 Å². The lowest BCUT2D eigenvalue weighted by Crippen LogP contribution is -2.46. The molecule has 2 amide bonds. The number of likely N-dealkylation sites (N-methyl/N-ethyl adjacent to an activating group) is 1. The Morgan fingerprint density at radius 2 is 2.35 bits per heavy atom. The van der Waals surface area contributed by atoms with E-state index in [1.165, 1.54) is 20.3 Å². The fraction of sp³-hybridized carbons (Fsp3) is 0.556. The van der Waals surface area contributed by atoms with Crippen LogP contribution in [0.25, 0.3) is 0 Å². The van der Waals surface area contributed by atoms with Crippen LogP contribution in [0.1, 0.15) is 12.8 Å². The molecule has 1 rings (SSSR count). The van der Waals surface area contributed by atoms with Gasteiger partial charge in [-0.15, -0.1) is 0 Å². The predicted molar refractivity (Wildman–Crippen MR) is 56.3 cm³/mol. The second-order valence-electron chi connectivity index (χ2n) is 3.44. The third-order valence-corrected chi connectivity index (χ3v) is 2.28. The van der Waals surface area contributed by atoms with Crippen molar-refractivity contribution in [3.05, 3.63) is 12.2 Å². The number of aromatic nitrogens is 2. The molecule has 1 aromatic rings. The molecule has 0 spiro atoms. The summed E-state index contributed by atoms with van der Waals surface area (Å²) in [7, 11) is 1.42. The normalized spacial score (nSPS) is 11.9. The molecule has 0 radical (unpaired) electrons. The molecule has 0 aromatic carbocycles. The second kappa shape index (κ2) is 5.83. The molecule has 0 saturated heterocycles. The summed E-state index contributed by atoms with van der Waals surface area (Å²) in [6.07, 6.45) is 1.68. The maximum Gasteiger partial charge on any atom is 0.326 e. The van der Waals surface area contributed by atoms with Gasteiger partial charge in [0.15, 0.2) is 6.33 Å². The SMILES string of the molecule is CC(C(=O)O)N(C)C(=O)NCCc1ncno1. The molecule has 8 heteroatoms. The van der Waals surface area contributed by atoms with Crippen molar-refractivity contribution in [1.82, 2.24) is 20.4 Å². The van der Waals surface area contributed by atoms with Crippen LogP contribution in [0.15, 0.2) is 10.9 Å². The highest BCUT2D eigenvalue weighted by molar-refractivity contribution is 5.82. The van der Waals surface area contributed by atoms with Gasteiger partial charge >= 0.3 is 12.0 Å². The number of carboxylic acids is 1. The fourth-order valence-electron chi connectivity index (χ4n) is 1.05. The lowest BCUT2D eigenvalue weighted by Gasteiger charge is -2.21. The summed E-state index contributed by atoms with van der Waals surface area (Å²) in [6.45, 7) is 1.73. The van der Waals surface area contributed by atoms with Crippen LogP contribution in [-0.2, 0) is 11.2 Å². The Labute approximate surface area is 97.6 Å². The molecule has 0 aliphatic carbocycles. The summed E-state index contributed by atoms with van der Waals surface area (Å²) in [5, 5.41) is 14.7. The van der Waals surface area contributed by atoms with E-state index in [9.17, 15) is 9.59 Å². The van der Waals surface area contributed by atoms with Gasteiger partial charge in [-0.2, -0.15) is 4.98 Å². The Bertz CT molecular complexity index is 378. The molecule has 0 fully saturated rings. The molecule has 17 heavy (non-hydrogen) atoms. The number of carbonyl (C=O) groups is 2. The summed E-state index contributed by atoms with van der Waals surface area (Å²) in [4.78, 5) is 27.0. The van der Waals surface area contributed by atoms with Gasteiger partial charge in [0, 0.05) is 20.0 Å². The topological polar surface area (TPSA) is 109 Å². The molecule has 0 saturated carbocycles. The third-order valence-electron chi connectivity index (χ3n) is 2.28. The van der Waals surface area contributed by atoms with Gasteiger partial charge in [-0.05, 0) is 6.92 Å². The standard InChI is InChI=1S/C9H14N4O4/c1-6(8(14)15)13(2)9(16)10-4-3-7-11-5-12-17-7/h5-6H,3-4H2,1-2H3,(H,10,16)(H,14,15). The van der Waals surface area contributed by atoms with Gasteiger partial charge in [-0.1, -0.05) is 5.16 Å². The van der Waals surface area contributed by atoms with Gasteiger partial charge in [0.1, 0.15) is 6.04 Å². The molecule has 8 nitrogen and oxygen atoms in total. The van der Waals surface area contributed by atoms with E-state index in [4.69, 9.17) is 9.63 Å². The number of nitrogens with one attached hydrogen (secondary N) is 1. The Balaban J connectivity index is 2.32. The molecule has 1 heterocycles. The molecule has 0 aliphatic heterocycles. The maximum absolute atomic E-state index is 11.5. The zero-order valence-electron chi connectivity index (χ0n) is 9.58. The van der Waals surface area contributed by atoms with E-state index in [1.54, 1.807) is 0 Å². The first-order valence-electron chi connectivity index (χ1n) is 5.01. The quantitative estimate of drug-likeness (QED) is 0.735. The van der Waals surface area contributed by atoms with Crippen molar-refractivity contribution in [2.24, 2.45) is 0 Å². The zero-order valence-corrected chi connectivity index (χ0v) is 9.58. The van der Waals surface area contributed by atoms with E-state index in [2.05, 4.69) is 15.5 Å². The maximum atomic E-state index is 11.5. The number of hydrogen-bond donors (Lipinski definition) is 2. The number of nitrogens with zero attached hydrogens (tertiary/aromatic N) is 3. The van der Waals surface area contributed by atoms with Crippen LogP contribution in [0.2, 0.25) is 0 Å². The molecular weight excluding hydrogens is 228 g/mol. The molecule has 2 N–H and O–H groups in total. The number of carbonyl (C=O) groups excluding carboxylic acids is 1. The highest BCUT2D eigenvalue weighted by Gasteiger charge is 2.21. The highest BCUT2D eigenvalue weighted by atomic mass is 16.5. The average Bonchev–Trinajstić information content (AvgIpc) is 2.79. The van der Waals surface area contributed by atoms with Crippen LogP contribution in [0.4, 0.5) is 4.79 Å². The largest absolute Gasteiger partial charge is 0.480 e. The molecule has 94 valence electrons. The lowest BCUT2D eigenvalue weighted by atomic mass is 10.3. The van der Waals surface area contributed by atoms with Crippen molar-refractivity contribution >= 4 is 12.0 Å². The van der Waals surface area contributed by atoms with Gasteiger partial charge < -0.3 is 19.8 Å². The van der Waals surface area contributed by atoms with E-state index in [0.717, 1.165) is 4.90 Å². The number of rotatable bonds is 5. The fourth-order valence-corrected chi connectivity index (χ4v) is 1.05. The van der Waals surface area contributed by atoms with Crippen LogP contribution >= 0.6 is 0 Å². The number of aliphatic carboxylic acids is 1. The van der Waals surface area contributed by atoms with Gasteiger partial charge in [-0.25, -0.2) is 9.59 Å². The first-order valence-corrected chi connectivity index (χ1v) is 5.01. The number of hydrogen-bond acceptors (Lipinski definition) is 5. The number of urea groups is 1. The van der Waals surface area contributed by atoms with Gasteiger partial charge in [0.2, 0.25) is 5.89 Å². The van der Waals surface area contributed by atoms with Crippen molar-refractivity contribution in [3.8, 4) is 0 Å². The van der Waals surface area contributed by atoms with E-state index in [1.807, 2.05) is 0 Å². The van der Waals surface area contributed by atoms with Gasteiger partial charge in [0.25, 0.3) is 0 Å². The minimum atomic E-state index is -1.06.